The zero-order valence-electron chi connectivity index (χ0n) is 20.6. The summed E-state index contributed by atoms with van der Waals surface area (Å²) in [4.78, 5) is 20.4. The van der Waals surface area contributed by atoms with Crippen LogP contribution in [-0.4, -0.2) is 64.2 Å². The molecule has 0 aliphatic carbocycles. The highest BCUT2D eigenvalue weighted by Gasteiger charge is 2.40. The number of aromatic nitrogens is 4. The van der Waals surface area contributed by atoms with E-state index in [1.165, 1.54) is 6.20 Å². The van der Waals surface area contributed by atoms with E-state index in [2.05, 4.69) is 24.8 Å². The number of anilines is 2. The monoisotopic (exact) mass is 535 g/mol. The van der Waals surface area contributed by atoms with Gasteiger partial charge in [0, 0.05) is 31.4 Å². The maximum Gasteiger partial charge on any atom is 0.421 e. The van der Waals surface area contributed by atoms with Crippen LogP contribution in [0.15, 0.2) is 24.4 Å². The number of nitrogen functional groups attached to an aromatic ring is 1. The summed E-state index contributed by atoms with van der Waals surface area (Å²) in [6.07, 6.45) is 3.47. The van der Waals surface area contributed by atoms with Crippen molar-refractivity contribution in [3.05, 3.63) is 41.6 Å². The molecule has 0 saturated carbocycles. The molecule has 2 aliphatic rings. The Morgan fingerprint density at radius 2 is 1.79 bits per heavy atom. The van der Waals surface area contributed by atoms with E-state index in [1.807, 2.05) is 24.1 Å². The van der Waals surface area contributed by atoms with Gasteiger partial charge in [-0.2, -0.15) is 23.1 Å². The Hall–Kier alpha value is -3.61. The molecule has 0 bridgehead atoms. The van der Waals surface area contributed by atoms with Crippen molar-refractivity contribution < 1.29 is 26.7 Å². The Bertz CT molecular complexity index is 1370. The minimum Gasteiger partial charge on any atom is -0.462 e. The molecule has 0 radical (unpaired) electrons. The van der Waals surface area contributed by atoms with Gasteiger partial charge < -0.3 is 20.3 Å². The molecule has 2 aliphatic heterocycles. The van der Waals surface area contributed by atoms with Gasteiger partial charge in [0.1, 0.15) is 46.5 Å². The third-order valence-corrected chi connectivity index (χ3v) is 6.82. The summed E-state index contributed by atoms with van der Waals surface area (Å²) in [6, 6.07) is 0.459. The van der Waals surface area contributed by atoms with Gasteiger partial charge in [-0.3, -0.25) is 4.98 Å². The van der Waals surface area contributed by atoms with E-state index in [-0.39, 0.29) is 29.6 Å². The summed E-state index contributed by atoms with van der Waals surface area (Å²) in [5, 5.41) is 0.191. The lowest BCUT2D eigenvalue weighted by Gasteiger charge is -2.24. The summed E-state index contributed by atoms with van der Waals surface area (Å²) in [6.45, 7) is 2.35. The fraction of sp³-hybridized carbons (Fsp3) is 0.440. The molecule has 13 heteroatoms. The van der Waals surface area contributed by atoms with Crippen molar-refractivity contribution in [2.75, 3.05) is 43.9 Å². The minimum absolute atomic E-state index is 0.108. The number of hydrogen-bond donors (Lipinski definition) is 1. The van der Waals surface area contributed by atoms with Crippen LogP contribution in [0.5, 0.6) is 6.01 Å². The third-order valence-electron chi connectivity index (χ3n) is 6.82. The SMILES string of the molecule is CN1CCCC1COc1nc(N2CCC=CCC2)c2cnc(-c3nc(N)cc(F)c3C(F)(F)F)c(F)c2n1. The van der Waals surface area contributed by atoms with Gasteiger partial charge in [-0.1, -0.05) is 12.2 Å². The van der Waals surface area contributed by atoms with Gasteiger partial charge in [0.2, 0.25) is 0 Å². The topological polar surface area (TPSA) is 93.3 Å². The van der Waals surface area contributed by atoms with Crippen molar-refractivity contribution in [1.82, 2.24) is 24.8 Å². The van der Waals surface area contributed by atoms with E-state index in [1.54, 1.807) is 0 Å². The molecule has 1 unspecified atom stereocenters. The molecule has 38 heavy (non-hydrogen) atoms. The van der Waals surface area contributed by atoms with Gasteiger partial charge in [0.25, 0.3) is 0 Å². The number of likely N-dealkylation sites (tertiary alicyclic amines) is 1. The largest absolute Gasteiger partial charge is 0.462 e. The van der Waals surface area contributed by atoms with Crippen molar-refractivity contribution in [2.45, 2.75) is 37.9 Å². The number of rotatable bonds is 5. The smallest absolute Gasteiger partial charge is 0.421 e. The lowest BCUT2D eigenvalue weighted by Crippen LogP contribution is -2.31. The lowest BCUT2D eigenvalue weighted by molar-refractivity contribution is -0.139. The summed E-state index contributed by atoms with van der Waals surface area (Å²) < 4.78 is 77.4. The van der Waals surface area contributed by atoms with Crippen LogP contribution in [0, 0.1) is 11.6 Å². The Kier molecular flexibility index (Phi) is 7.03. The second-order valence-electron chi connectivity index (χ2n) is 9.39. The molecule has 0 spiro atoms. The Labute approximate surface area is 215 Å². The van der Waals surface area contributed by atoms with Crippen LogP contribution in [-0.2, 0) is 6.18 Å². The van der Waals surface area contributed by atoms with E-state index < -0.39 is 40.6 Å². The van der Waals surface area contributed by atoms with Gasteiger partial charge >= 0.3 is 12.2 Å². The highest BCUT2D eigenvalue weighted by Crippen LogP contribution is 2.40. The van der Waals surface area contributed by atoms with Crippen LogP contribution < -0.4 is 15.4 Å². The van der Waals surface area contributed by atoms with Crippen LogP contribution in [0.2, 0.25) is 0 Å². The lowest BCUT2D eigenvalue weighted by atomic mass is 10.1. The quantitative estimate of drug-likeness (QED) is 0.375. The summed E-state index contributed by atoms with van der Waals surface area (Å²) >= 11 is 0. The second kappa shape index (κ2) is 10.3. The highest BCUT2D eigenvalue weighted by atomic mass is 19.4. The van der Waals surface area contributed by atoms with Gasteiger partial charge in [0.05, 0.1) is 5.39 Å². The Balaban J connectivity index is 1.65. The molecule has 202 valence electrons. The van der Waals surface area contributed by atoms with Crippen LogP contribution in [0.4, 0.5) is 33.6 Å². The first-order chi connectivity index (χ1) is 18.1. The van der Waals surface area contributed by atoms with Gasteiger partial charge in [-0.15, -0.1) is 0 Å². The number of hydrogen-bond acceptors (Lipinski definition) is 8. The molecular weight excluding hydrogens is 509 g/mol. The highest BCUT2D eigenvalue weighted by molar-refractivity contribution is 5.92. The maximum atomic E-state index is 16.0. The number of ether oxygens (including phenoxy) is 1. The molecule has 0 amide bonds. The van der Waals surface area contributed by atoms with Crippen molar-refractivity contribution in [1.29, 1.82) is 0 Å². The van der Waals surface area contributed by atoms with Crippen molar-refractivity contribution in [3.8, 4) is 17.4 Å². The number of halogens is 5. The third kappa shape index (κ3) is 5.06. The van der Waals surface area contributed by atoms with E-state index in [0.29, 0.717) is 25.0 Å². The van der Waals surface area contributed by atoms with E-state index in [0.717, 1.165) is 32.2 Å². The predicted octanol–water partition coefficient (Wildman–Crippen LogP) is 4.60. The van der Waals surface area contributed by atoms with Crippen LogP contribution in [0.3, 0.4) is 0 Å². The normalized spacial score (nSPS) is 18.8. The first-order valence-corrected chi connectivity index (χ1v) is 12.3. The summed E-state index contributed by atoms with van der Waals surface area (Å²) in [5.41, 5.74) is 1.58. The number of alkyl halides is 3. The number of pyridine rings is 2. The number of fused-ring (bicyclic) bond motifs is 1. The Morgan fingerprint density at radius 3 is 2.45 bits per heavy atom. The number of nitrogens with two attached hydrogens (primary N) is 1. The number of likely N-dealkylation sites (N-methyl/N-ethyl adjacent to an activating group) is 1. The van der Waals surface area contributed by atoms with E-state index in [9.17, 15) is 17.6 Å². The molecule has 2 N–H and O–H groups in total. The summed E-state index contributed by atoms with van der Waals surface area (Å²) in [5.74, 6) is -3.07. The van der Waals surface area contributed by atoms with E-state index >= 15 is 4.39 Å². The molecular formula is C25H26F5N7O. The van der Waals surface area contributed by atoms with Crippen molar-refractivity contribution in [3.63, 3.8) is 0 Å². The van der Waals surface area contributed by atoms with Crippen LogP contribution >= 0.6 is 0 Å². The minimum atomic E-state index is -5.17. The van der Waals surface area contributed by atoms with Crippen molar-refractivity contribution in [2.24, 2.45) is 0 Å². The zero-order valence-corrected chi connectivity index (χ0v) is 20.6. The molecule has 0 aromatic carbocycles. The predicted molar refractivity (Wildman–Crippen MR) is 132 cm³/mol. The second-order valence-corrected chi connectivity index (χ2v) is 9.39. The molecule has 1 atom stereocenters. The molecule has 1 fully saturated rings. The van der Waals surface area contributed by atoms with E-state index in [4.69, 9.17) is 10.5 Å². The fourth-order valence-corrected chi connectivity index (χ4v) is 4.85. The first-order valence-electron chi connectivity index (χ1n) is 12.3. The molecule has 5 rings (SSSR count). The zero-order chi connectivity index (χ0) is 27.0. The maximum absolute atomic E-state index is 16.0. The molecule has 1 saturated heterocycles. The van der Waals surface area contributed by atoms with Crippen LogP contribution in [0.25, 0.3) is 22.3 Å². The van der Waals surface area contributed by atoms with Crippen molar-refractivity contribution >= 4 is 22.5 Å². The van der Waals surface area contributed by atoms with Crippen LogP contribution in [0.1, 0.15) is 31.2 Å². The van der Waals surface area contributed by atoms with Gasteiger partial charge in [-0.25, -0.2) is 13.8 Å². The molecule has 3 aromatic rings. The fourth-order valence-electron chi connectivity index (χ4n) is 4.85. The average Bonchev–Trinajstić information content (AvgIpc) is 3.08. The molecule has 5 heterocycles. The standard InChI is InChI=1S/C25H26F5N7O/c1-36-8-6-7-14(36)13-38-24-34-20-15(23(35-24)37-9-4-2-3-5-10-37)12-32-22(19(20)27)21-18(25(28,29)30)16(26)11-17(31)33-21/h2-3,11-12,14H,4-10,13H2,1H3,(H2,31,33). The summed E-state index contributed by atoms with van der Waals surface area (Å²) in [7, 11) is 1.98. The van der Waals surface area contributed by atoms with Gasteiger partial charge in [0.15, 0.2) is 5.82 Å². The molecule has 8 nitrogen and oxygen atoms in total. The Morgan fingerprint density at radius 1 is 1.05 bits per heavy atom. The molecule has 3 aromatic heterocycles. The number of nitrogens with zero attached hydrogens (tertiary/aromatic N) is 6. The van der Waals surface area contributed by atoms with Gasteiger partial charge in [-0.05, 0) is 39.3 Å². The first kappa shape index (κ1) is 26.0. The average molecular weight is 536 g/mol.